The highest BCUT2D eigenvalue weighted by molar-refractivity contribution is 9.10. The van der Waals surface area contributed by atoms with Crippen LogP contribution in [0.5, 0.6) is 0 Å². The van der Waals surface area contributed by atoms with Crippen molar-refractivity contribution in [1.82, 2.24) is 15.1 Å². The van der Waals surface area contributed by atoms with Crippen molar-refractivity contribution in [2.24, 2.45) is 7.05 Å². The number of alkyl halides is 1. The Morgan fingerprint density at radius 2 is 2.44 bits per heavy atom. The van der Waals surface area contributed by atoms with E-state index in [1.54, 1.807) is 0 Å². The summed E-state index contributed by atoms with van der Waals surface area (Å²) in [7, 11) is 3.27. The molecule has 6 heteroatoms. The number of carbonyl (C=O) groups excluding carboxylic acids is 1. The minimum atomic E-state index is -0.313. The standard InChI is InChI=1S/C10H16BrN3O2/c1-7-4-8(14(2)13-7)5-12-6-9(11)10(15)16-3/h4,9,12H,5-6H2,1-3H3. The summed E-state index contributed by atoms with van der Waals surface area (Å²) in [6, 6.07) is 2.01. The number of nitrogens with one attached hydrogen (secondary N) is 1. The fourth-order valence-corrected chi connectivity index (χ4v) is 1.78. The highest BCUT2D eigenvalue weighted by atomic mass is 79.9. The van der Waals surface area contributed by atoms with Gasteiger partial charge in [0.25, 0.3) is 0 Å². The van der Waals surface area contributed by atoms with E-state index in [0.29, 0.717) is 13.1 Å². The van der Waals surface area contributed by atoms with Crippen molar-refractivity contribution in [2.75, 3.05) is 13.7 Å². The Labute approximate surface area is 103 Å². The Bertz CT molecular complexity index is 365. The van der Waals surface area contributed by atoms with Gasteiger partial charge in [0.1, 0.15) is 4.83 Å². The van der Waals surface area contributed by atoms with E-state index in [4.69, 9.17) is 0 Å². The van der Waals surface area contributed by atoms with Gasteiger partial charge in [-0.15, -0.1) is 0 Å². The number of nitrogens with zero attached hydrogens (tertiary/aromatic N) is 2. The molecule has 0 spiro atoms. The summed E-state index contributed by atoms with van der Waals surface area (Å²) in [6.45, 7) is 3.15. The molecule has 1 unspecified atom stereocenters. The first-order valence-electron chi connectivity index (χ1n) is 4.96. The number of esters is 1. The minimum absolute atomic E-state index is 0.270. The third kappa shape index (κ3) is 3.61. The minimum Gasteiger partial charge on any atom is -0.468 e. The maximum atomic E-state index is 11.1. The van der Waals surface area contributed by atoms with E-state index in [2.05, 4.69) is 31.1 Å². The van der Waals surface area contributed by atoms with Gasteiger partial charge in [-0.3, -0.25) is 9.48 Å². The molecule has 16 heavy (non-hydrogen) atoms. The number of rotatable bonds is 5. The zero-order chi connectivity index (χ0) is 12.1. The molecule has 0 amide bonds. The number of hydrogen-bond donors (Lipinski definition) is 1. The number of ether oxygens (including phenoxy) is 1. The maximum Gasteiger partial charge on any atom is 0.320 e. The van der Waals surface area contributed by atoms with Crippen molar-refractivity contribution >= 4 is 21.9 Å². The van der Waals surface area contributed by atoms with E-state index < -0.39 is 0 Å². The van der Waals surface area contributed by atoms with E-state index in [1.165, 1.54) is 7.11 Å². The van der Waals surface area contributed by atoms with Crippen LogP contribution in [0, 0.1) is 6.92 Å². The normalized spacial score (nSPS) is 12.5. The van der Waals surface area contributed by atoms with Gasteiger partial charge in [-0.1, -0.05) is 15.9 Å². The third-order valence-corrected chi connectivity index (χ3v) is 2.88. The molecule has 0 saturated heterocycles. The molecule has 0 radical (unpaired) electrons. The highest BCUT2D eigenvalue weighted by Gasteiger charge is 2.14. The molecule has 1 atom stereocenters. The monoisotopic (exact) mass is 289 g/mol. The fourth-order valence-electron chi connectivity index (χ4n) is 1.37. The molecule has 90 valence electrons. The van der Waals surface area contributed by atoms with Crippen LogP contribution in [0.4, 0.5) is 0 Å². The van der Waals surface area contributed by atoms with Crippen LogP contribution in [0.2, 0.25) is 0 Å². The van der Waals surface area contributed by atoms with Gasteiger partial charge in [-0.2, -0.15) is 5.10 Å². The summed E-state index contributed by atoms with van der Waals surface area (Å²) in [5.74, 6) is -0.270. The topological polar surface area (TPSA) is 56.1 Å². The Kier molecular flexibility index (Phi) is 4.95. The van der Waals surface area contributed by atoms with Crippen LogP contribution in [0.15, 0.2) is 6.07 Å². The summed E-state index contributed by atoms with van der Waals surface area (Å²) in [4.78, 5) is 10.8. The predicted octanol–water partition coefficient (Wildman–Crippen LogP) is 0.755. The number of aromatic nitrogens is 2. The molecule has 1 aromatic heterocycles. The lowest BCUT2D eigenvalue weighted by Crippen LogP contribution is -2.29. The van der Waals surface area contributed by atoms with E-state index in [1.807, 2.05) is 24.7 Å². The van der Waals surface area contributed by atoms with Crippen molar-refractivity contribution in [3.63, 3.8) is 0 Å². The average molecular weight is 290 g/mol. The molecule has 1 rings (SSSR count). The average Bonchev–Trinajstić information content (AvgIpc) is 2.56. The van der Waals surface area contributed by atoms with Crippen molar-refractivity contribution in [1.29, 1.82) is 0 Å². The lowest BCUT2D eigenvalue weighted by molar-refractivity contribution is -0.139. The van der Waals surface area contributed by atoms with Gasteiger partial charge in [0, 0.05) is 20.1 Å². The number of halogens is 1. The van der Waals surface area contributed by atoms with Crippen LogP contribution >= 0.6 is 15.9 Å². The summed E-state index contributed by atoms with van der Waals surface area (Å²) in [5.41, 5.74) is 2.07. The number of carbonyl (C=O) groups is 1. The fraction of sp³-hybridized carbons (Fsp3) is 0.600. The van der Waals surface area contributed by atoms with Gasteiger partial charge in [-0.05, 0) is 13.0 Å². The second-order valence-electron chi connectivity index (χ2n) is 3.52. The van der Waals surface area contributed by atoms with Crippen LogP contribution in [0.3, 0.4) is 0 Å². The van der Waals surface area contributed by atoms with E-state index >= 15 is 0 Å². The van der Waals surface area contributed by atoms with Crippen LogP contribution in [0.25, 0.3) is 0 Å². The van der Waals surface area contributed by atoms with Gasteiger partial charge >= 0.3 is 5.97 Å². The maximum absolute atomic E-state index is 11.1. The van der Waals surface area contributed by atoms with E-state index in [0.717, 1.165) is 11.4 Å². The van der Waals surface area contributed by atoms with Crippen molar-refractivity contribution in [3.8, 4) is 0 Å². The number of methoxy groups -OCH3 is 1. The summed E-state index contributed by atoms with van der Waals surface area (Å²) in [6.07, 6.45) is 0. The van der Waals surface area contributed by atoms with Gasteiger partial charge < -0.3 is 10.1 Å². The Morgan fingerprint density at radius 3 is 2.94 bits per heavy atom. The van der Waals surface area contributed by atoms with Crippen molar-refractivity contribution < 1.29 is 9.53 Å². The molecule has 0 aromatic carbocycles. The van der Waals surface area contributed by atoms with Gasteiger partial charge in [0.2, 0.25) is 0 Å². The second-order valence-corrected chi connectivity index (χ2v) is 4.63. The Morgan fingerprint density at radius 1 is 1.75 bits per heavy atom. The smallest absolute Gasteiger partial charge is 0.320 e. The SMILES string of the molecule is COC(=O)C(Br)CNCc1cc(C)nn1C. The lowest BCUT2D eigenvalue weighted by Gasteiger charge is -2.09. The Balaban J connectivity index is 2.36. The Hall–Kier alpha value is -0.880. The number of aryl methyl sites for hydroxylation is 2. The summed E-state index contributed by atoms with van der Waals surface area (Å²) >= 11 is 3.24. The molecular weight excluding hydrogens is 274 g/mol. The zero-order valence-electron chi connectivity index (χ0n) is 9.66. The second kappa shape index (κ2) is 6.00. The quantitative estimate of drug-likeness (QED) is 0.642. The van der Waals surface area contributed by atoms with E-state index in [9.17, 15) is 4.79 Å². The molecule has 0 saturated carbocycles. The predicted molar refractivity (Wildman–Crippen MR) is 64.4 cm³/mol. The first kappa shape index (κ1) is 13.2. The van der Waals surface area contributed by atoms with Crippen molar-refractivity contribution in [2.45, 2.75) is 18.3 Å². The van der Waals surface area contributed by atoms with Crippen LogP contribution in [-0.2, 0) is 23.1 Å². The molecule has 0 aliphatic rings. The van der Waals surface area contributed by atoms with Gasteiger partial charge in [0.15, 0.2) is 0 Å². The van der Waals surface area contributed by atoms with E-state index in [-0.39, 0.29) is 10.8 Å². The zero-order valence-corrected chi connectivity index (χ0v) is 11.2. The lowest BCUT2D eigenvalue weighted by atomic mass is 10.3. The molecule has 1 N–H and O–H groups in total. The molecule has 1 aromatic rings. The molecule has 0 aliphatic carbocycles. The summed E-state index contributed by atoms with van der Waals surface area (Å²) in [5, 5.41) is 7.40. The van der Waals surface area contributed by atoms with Gasteiger partial charge in [-0.25, -0.2) is 0 Å². The third-order valence-electron chi connectivity index (χ3n) is 2.19. The van der Waals surface area contributed by atoms with Crippen LogP contribution < -0.4 is 5.32 Å². The van der Waals surface area contributed by atoms with Gasteiger partial charge in [0.05, 0.1) is 18.5 Å². The first-order valence-corrected chi connectivity index (χ1v) is 5.88. The number of hydrogen-bond acceptors (Lipinski definition) is 4. The first-order chi connectivity index (χ1) is 7.54. The molecule has 0 bridgehead atoms. The molecule has 0 fully saturated rings. The van der Waals surface area contributed by atoms with Crippen LogP contribution in [-0.4, -0.2) is 34.2 Å². The molecular formula is C10H16BrN3O2. The molecule has 1 heterocycles. The highest BCUT2D eigenvalue weighted by Crippen LogP contribution is 2.03. The van der Waals surface area contributed by atoms with Crippen LogP contribution in [0.1, 0.15) is 11.4 Å². The largest absolute Gasteiger partial charge is 0.468 e. The van der Waals surface area contributed by atoms with Crippen molar-refractivity contribution in [3.05, 3.63) is 17.5 Å². The molecule has 0 aliphatic heterocycles. The molecule has 5 nitrogen and oxygen atoms in total. The summed E-state index contributed by atoms with van der Waals surface area (Å²) < 4.78 is 6.42.